The number of rotatable bonds is 1. The number of hydrogen-bond donors (Lipinski definition) is 1. The molecule has 1 aliphatic heterocycles. The Kier molecular flexibility index (Phi) is 1.94. The Hall–Kier alpha value is -0.570. The van der Waals surface area contributed by atoms with Crippen LogP contribution in [-0.4, -0.2) is 23.3 Å². The molecule has 1 rings (SSSR count). The molecule has 0 saturated carbocycles. The van der Waals surface area contributed by atoms with Crippen LogP contribution in [0.3, 0.4) is 0 Å². The molecule has 3 heteroatoms. The van der Waals surface area contributed by atoms with E-state index in [2.05, 4.69) is 4.74 Å². The maximum Gasteiger partial charge on any atom is 0.308 e. The molecule has 0 spiro atoms. The van der Waals surface area contributed by atoms with Crippen molar-refractivity contribution in [1.82, 2.24) is 0 Å². The lowest BCUT2D eigenvalue weighted by Gasteiger charge is -2.29. The SMILES string of the molecule is CCC1(O)CCOC(=O)C1. The number of esters is 1. The van der Waals surface area contributed by atoms with Crippen LogP contribution in [0.1, 0.15) is 26.2 Å². The number of ether oxygens (including phenoxy) is 1. The minimum absolute atomic E-state index is 0.156. The average molecular weight is 144 g/mol. The second-order valence-electron chi connectivity index (χ2n) is 2.73. The molecule has 1 fully saturated rings. The molecule has 1 aliphatic rings. The predicted octanol–water partition coefficient (Wildman–Crippen LogP) is 0.465. The lowest BCUT2D eigenvalue weighted by molar-refractivity contribution is -0.159. The predicted molar refractivity (Wildman–Crippen MR) is 35.4 cm³/mol. The molecule has 10 heavy (non-hydrogen) atoms. The smallest absolute Gasteiger partial charge is 0.308 e. The summed E-state index contributed by atoms with van der Waals surface area (Å²) < 4.78 is 4.68. The van der Waals surface area contributed by atoms with Gasteiger partial charge in [0.15, 0.2) is 0 Å². The molecule has 0 aromatic carbocycles. The van der Waals surface area contributed by atoms with Gasteiger partial charge in [0, 0.05) is 6.42 Å². The standard InChI is InChI=1S/C7H12O3/c1-2-7(9)3-4-10-6(8)5-7/h9H,2-5H2,1H3. The molecule has 0 aliphatic carbocycles. The highest BCUT2D eigenvalue weighted by Gasteiger charge is 2.32. The van der Waals surface area contributed by atoms with Crippen molar-refractivity contribution in [3.8, 4) is 0 Å². The number of carbonyl (C=O) groups is 1. The Labute approximate surface area is 60.0 Å². The Morgan fingerprint density at radius 2 is 2.50 bits per heavy atom. The summed E-state index contributed by atoms with van der Waals surface area (Å²) in [6.45, 7) is 2.24. The minimum atomic E-state index is -0.782. The summed E-state index contributed by atoms with van der Waals surface area (Å²) in [6.07, 6.45) is 1.36. The van der Waals surface area contributed by atoms with E-state index in [4.69, 9.17) is 0 Å². The summed E-state index contributed by atoms with van der Waals surface area (Å²) in [5.74, 6) is -0.282. The van der Waals surface area contributed by atoms with Crippen molar-refractivity contribution in [2.24, 2.45) is 0 Å². The molecule has 1 heterocycles. The summed E-state index contributed by atoms with van der Waals surface area (Å²) in [7, 11) is 0. The van der Waals surface area contributed by atoms with Crippen LogP contribution in [0.4, 0.5) is 0 Å². The van der Waals surface area contributed by atoms with Crippen LogP contribution in [0.5, 0.6) is 0 Å². The highest BCUT2D eigenvalue weighted by atomic mass is 16.5. The largest absolute Gasteiger partial charge is 0.465 e. The first-order valence-corrected chi connectivity index (χ1v) is 3.54. The summed E-state index contributed by atoms with van der Waals surface area (Å²) in [6, 6.07) is 0. The lowest BCUT2D eigenvalue weighted by atomic mass is 9.91. The zero-order valence-corrected chi connectivity index (χ0v) is 6.09. The van der Waals surface area contributed by atoms with Crippen LogP contribution in [0, 0.1) is 0 Å². The minimum Gasteiger partial charge on any atom is -0.465 e. The summed E-state index contributed by atoms with van der Waals surface area (Å²) in [5, 5.41) is 9.55. The van der Waals surface area contributed by atoms with E-state index in [0.29, 0.717) is 19.4 Å². The van der Waals surface area contributed by atoms with Gasteiger partial charge in [0.25, 0.3) is 0 Å². The molecular formula is C7H12O3. The topological polar surface area (TPSA) is 46.5 Å². The van der Waals surface area contributed by atoms with E-state index >= 15 is 0 Å². The first-order valence-electron chi connectivity index (χ1n) is 3.54. The van der Waals surface area contributed by atoms with Gasteiger partial charge in [-0.15, -0.1) is 0 Å². The summed E-state index contributed by atoms with van der Waals surface area (Å²) in [4.78, 5) is 10.7. The number of aliphatic hydroxyl groups is 1. The van der Waals surface area contributed by atoms with Gasteiger partial charge < -0.3 is 9.84 Å². The van der Waals surface area contributed by atoms with Crippen LogP contribution >= 0.6 is 0 Å². The summed E-state index contributed by atoms with van der Waals surface area (Å²) in [5.41, 5.74) is -0.782. The number of cyclic esters (lactones) is 1. The quantitative estimate of drug-likeness (QED) is 0.544. The molecule has 58 valence electrons. The van der Waals surface area contributed by atoms with E-state index in [0.717, 1.165) is 0 Å². The van der Waals surface area contributed by atoms with E-state index in [1.807, 2.05) is 6.92 Å². The van der Waals surface area contributed by atoms with Gasteiger partial charge in [-0.2, -0.15) is 0 Å². The van der Waals surface area contributed by atoms with Gasteiger partial charge in [0.1, 0.15) is 0 Å². The monoisotopic (exact) mass is 144 g/mol. The van der Waals surface area contributed by atoms with Gasteiger partial charge in [0.05, 0.1) is 18.6 Å². The molecule has 1 saturated heterocycles. The van der Waals surface area contributed by atoms with Crippen molar-refractivity contribution in [2.45, 2.75) is 31.8 Å². The van der Waals surface area contributed by atoms with Crippen molar-refractivity contribution in [1.29, 1.82) is 0 Å². The van der Waals surface area contributed by atoms with Crippen LogP contribution < -0.4 is 0 Å². The Morgan fingerprint density at radius 3 is 2.90 bits per heavy atom. The number of carbonyl (C=O) groups excluding carboxylic acids is 1. The van der Waals surface area contributed by atoms with Crippen LogP contribution in [-0.2, 0) is 9.53 Å². The van der Waals surface area contributed by atoms with Crippen molar-refractivity contribution >= 4 is 5.97 Å². The van der Waals surface area contributed by atoms with Crippen molar-refractivity contribution in [3.63, 3.8) is 0 Å². The van der Waals surface area contributed by atoms with Gasteiger partial charge in [-0.05, 0) is 6.42 Å². The summed E-state index contributed by atoms with van der Waals surface area (Å²) >= 11 is 0. The van der Waals surface area contributed by atoms with Gasteiger partial charge in [-0.1, -0.05) is 6.92 Å². The van der Waals surface area contributed by atoms with Crippen molar-refractivity contribution < 1.29 is 14.6 Å². The third-order valence-corrected chi connectivity index (χ3v) is 1.96. The Balaban J connectivity index is 2.53. The zero-order valence-electron chi connectivity index (χ0n) is 6.09. The third-order valence-electron chi connectivity index (χ3n) is 1.96. The fraction of sp³-hybridized carbons (Fsp3) is 0.857. The lowest BCUT2D eigenvalue weighted by Crippen LogP contribution is -2.37. The highest BCUT2D eigenvalue weighted by Crippen LogP contribution is 2.23. The highest BCUT2D eigenvalue weighted by molar-refractivity contribution is 5.71. The molecule has 0 bridgehead atoms. The molecule has 0 aromatic heterocycles. The fourth-order valence-electron chi connectivity index (χ4n) is 1.06. The molecule has 0 radical (unpaired) electrons. The van der Waals surface area contributed by atoms with Crippen LogP contribution in [0.25, 0.3) is 0 Å². The molecule has 1 atom stereocenters. The normalized spacial score (nSPS) is 33.6. The van der Waals surface area contributed by atoms with E-state index in [1.54, 1.807) is 0 Å². The van der Waals surface area contributed by atoms with Gasteiger partial charge in [-0.3, -0.25) is 4.79 Å². The number of hydrogen-bond acceptors (Lipinski definition) is 3. The molecule has 0 amide bonds. The van der Waals surface area contributed by atoms with Gasteiger partial charge in [0.2, 0.25) is 0 Å². The Bertz CT molecular complexity index is 144. The molecule has 3 nitrogen and oxygen atoms in total. The van der Waals surface area contributed by atoms with Gasteiger partial charge in [-0.25, -0.2) is 0 Å². The van der Waals surface area contributed by atoms with Crippen LogP contribution in [0.2, 0.25) is 0 Å². The second-order valence-corrected chi connectivity index (χ2v) is 2.73. The average Bonchev–Trinajstić information content (AvgIpc) is 1.88. The van der Waals surface area contributed by atoms with Crippen LogP contribution in [0.15, 0.2) is 0 Å². The molecule has 0 aromatic rings. The first-order chi connectivity index (χ1) is 4.66. The maximum atomic E-state index is 10.7. The third kappa shape index (κ3) is 1.48. The molecular weight excluding hydrogens is 132 g/mol. The Morgan fingerprint density at radius 1 is 1.80 bits per heavy atom. The van der Waals surface area contributed by atoms with Crippen molar-refractivity contribution in [3.05, 3.63) is 0 Å². The van der Waals surface area contributed by atoms with E-state index in [1.165, 1.54) is 0 Å². The van der Waals surface area contributed by atoms with Crippen molar-refractivity contribution in [2.75, 3.05) is 6.61 Å². The molecule has 1 unspecified atom stereocenters. The maximum absolute atomic E-state index is 10.7. The first kappa shape index (κ1) is 7.54. The van der Waals surface area contributed by atoms with E-state index in [-0.39, 0.29) is 12.4 Å². The molecule has 1 N–H and O–H groups in total. The second kappa shape index (κ2) is 2.58. The van der Waals surface area contributed by atoms with E-state index in [9.17, 15) is 9.90 Å². The van der Waals surface area contributed by atoms with E-state index < -0.39 is 5.60 Å². The zero-order chi connectivity index (χ0) is 7.61. The van der Waals surface area contributed by atoms with Gasteiger partial charge >= 0.3 is 5.97 Å². The fourth-order valence-corrected chi connectivity index (χ4v) is 1.06.